The Balaban J connectivity index is 1.60. The lowest BCUT2D eigenvalue weighted by Crippen LogP contribution is -2.37. The highest BCUT2D eigenvalue weighted by Gasteiger charge is 2.13. The molecule has 0 amide bonds. The molecule has 3 rings (SSSR count). The van der Waals surface area contributed by atoms with Gasteiger partial charge in [0.1, 0.15) is 11.5 Å². The number of piperidine rings is 1. The molecule has 0 aliphatic carbocycles. The number of nitrogens with zero attached hydrogens (tertiary/aromatic N) is 2. The van der Waals surface area contributed by atoms with Crippen LogP contribution in [0.1, 0.15) is 19.3 Å². The van der Waals surface area contributed by atoms with Crippen molar-refractivity contribution in [2.45, 2.75) is 31.8 Å². The Hall–Kier alpha value is -2.01. The van der Waals surface area contributed by atoms with Crippen LogP contribution in [0.15, 0.2) is 36.7 Å². The monoisotopic (exact) mass is 273 g/mol. The van der Waals surface area contributed by atoms with Crippen LogP contribution < -0.4 is 10.1 Å². The second-order valence-electron chi connectivity index (χ2n) is 5.14. The molecule has 0 radical (unpaired) electrons. The molecule has 0 spiro atoms. The molecule has 1 aromatic heterocycles. The summed E-state index contributed by atoms with van der Waals surface area (Å²) in [4.78, 5) is 0. The van der Waals surface area contributed by atoms with Gasteiger partial charge in [0.25, 0.3) is 0 Å². The lowest BCUT2D eigenvalue weighted by atomic mass is 10.1. The summed E-state index contributed by atoms with van der Waals surface area (Å²) in [5, 5.41) is 17.1. The maximum atomic E-state index is 9.23. The molecule has 2 aromatic rings. The van der Waals surface area contributed by atoms with E-state index in [1.54, 1.807) is 30.5 Å². The number of ether oxygens (including phenoxy) is 1. The summed E-state index contributed by atoms with van der Waals surface area (Å²) < 4.78 is 7.60. The number of hydrogen-bond acceptors (Lipinski definition) is 4. The minimum absolute atomic E-state index is 0.233. The third-order valence-electron chi connectivity index (χ3n) is 3.50. The van der Waals surface area contributed by atoms with E-state index in [0.29, 0.717) is 17.5 Å². The first-order valence-electron chi connectivity index (χ1n) is 7.02. The zero-order chi connectivity index (χ0) is 13.8. The molecule has 0 saturated carbocycles. The second-order valence-corrected chi connectivity index (χ2v) is 5.14. The van der Waals surface area contributed by atoms with Crippen LogP contribution in [0.5, 0.6) is 17.2 Å². The topological polar surface area (TPSA) is 59.3 Å². The molecule has 20 heavy (non-hydrogen) atoms. The van der Waals surface area contributed by atoms with Crippen molar-refractivity contribution in [3.05, 3.63) is 36.7 Å². The Morgan fingerprint density at radius 2 is 2.10 bits per heavy atom. The van der Waals surface area contributed by atoms with E-state index in [4.69, 9.17) is 4.74 Å². The van der Waals surface area contributed by atoms with Gasteiger partial charge in [-0.2, -0.15) is 5.10 Å². The van der Waals surface area contributed by atoms with Crippen molar-refractivity contribution in [3.8, 4) is 17.2 Å². The van der Waals surface area contributed by atoms with Gasteiger partial charge in [0.15, 0.2) is 5.75 Å². The van der Waals surface area contributed by atoms with Crippen LogP contribution in [0.2, 0.25) is 0 Å². The second kappa shape index (κ2) is 5.96. The van der Waals surface area contributed by atoms with Crippen molar-refractivity contribution in [1.82, 2.24) is 15.1 Å². The minimum Gasteiger partial charge on any atom is -0.508 e. The van der Waals surface area contributed by atoms with Crippen molar-refractivity contribution in [1.29, 1.82) is 0 Å². The quantitative estimate of drug-likeness (QED) is 0.898. The van der Waals surface area contributed by atoms with Gasteiger partial charge in [0.2, 0.25) is 0 Å². The highest BCUT2D eigenvalue weighted by atomic mass is 16.5. The van der Waals surface area contributed by atoms with Gasteiger partial charge >= 0.3 is 0 Å². The largest absolute Gasteiger partial charge is 0.508 e. The maximum Gasteiger partial charge on any atom is 0.165 e. The first-order chi connectivity index (χ1) is 9.79. The first-order valence-corrected chi connectivity index (χ1v) is 7.02. The number of phenols is 1. The summed E-state index contributed by atoms with van der Waals surface area (Å²) in [6, 6.07) is 7.17. The Bertz CT molecular complexity index is 545. The standard InChI is InChI=1S/C15H19N3O2/c19-13-4-6-14(7-5-13)20-15-9-17-18(11-15)10-12-3-1-2-8-16-12/h4-7,9,11-12,16,19H,1-3,8,10H2. The third kappa shape index (κ3) is 3.30. The van der Waals surface area contributed by atoms with E-state index in [9.17, 15) is 5.11 Å². The summed E-state index contributed by atoms with van der Waals surface area (Å²) >= 11 is 0. The molecule has 5 heteroatoms. The Labute approximate surface area is 118 Å². The lowest BCUT2D eigenvalue weighted by Gasteiger charge is -2.23. The van der Waals surface area contributed by atoms with Crippen LogP contribution in [0.3, 0.4) is 0 Å². The van der Waals surface area contributed by atoms with E-state index in [-0.39, 0.29) is 5.75 Å². The first kappa shape index (κ1) is 13.0. The van der Waals surface area contributed by atoms with E-state index in [2.05, 4.69) is 10.4 Å². The Kier molecular flexibility index (Phi) is 3.87. The molecule has 1 saturated heterocycles. The van der Waals surface area contributed by atoms with Crippen molar-refractivity contribution in [3.63, 3.8) is 0 Å². The van der Waals surface area contributed by atoms with Gasteiger partial charge in [-0.05, 0) is 43.7 Å². The summed E-state index contributed by atoms with van der Waals surface area (Å²) in [5.41, 5.74) is 0. The average Bonchev–Trinajstić information content (AvgIpc) is 2.90. The van der Waals surface area contributed by atoms with Crippen LogP contribution in [-0.2, 0) is 6.54 Å². The fourth-order valence-corrected chi connectivity index (χ4v) is 2.45. The van der Waals surface area contributed by atoms with E-state index in [1.807, 2.05) is 10.9 Å². The Morgan fingerprint density at radius 1 is 1.25 bits per heavy atom. The van der Waals surface area contributed by atoms with E-state index < -0.39 is 0 Å². The molecule has 5 nitrogen and oxygen atoms in total. The number of phenolic OH excluding ortho intramolecular Hbond substituents is 1. The van der Waals surface area contributed by atoms with Gasteiger partial charge in [-0.15, -0.1) is 0 Å². The molecule has 2 heterocycles. The predicted octanol–water partition coefficient (Wildman–Crippen LogP) is 2.52. The number of aromatic hydroxyl groups is 1. The van der Waals surface area contributed by atoms with Crippen molar-refractivity contribution in [2.24, 2.45) is 0 Å². The van der Waals surface area contributed by atoms with Gasteiger partial charge < -0.3 is 15.2 Å². The van der Waals surface area contributed by atoms with E-state index in [1.165, 1.54) is 19.3 Å². The van der Waals surface area contributed by atoms with Crippen LogP contribution in [0.25, 0.3) is 0 Å². The molecular weight excluding hydrogens is 254 g/mol. The number of benzene rings is 1. The van der Waals surface area contributed by atoms with Crippen LogP contribution in [0, 0.1) is 0 Å². The average molecular weight is 273 g/mol. The minimum atomic E-state index is 0.233. The van der Waals surface area contributed by atoms with E-state index in [0.717, 1.165) is 13.1 Å². The van der Waals surface area contributed by atoms with Gasteiger partial charge in [-0.1, -0.05) is 6.42 Å². The maximum absolute atomic E-state index is 9.23. The summed E-state index contributed by atoms with van der Waals surface area (Å²) in [6.07, 6.45) is 7.38. The number of rotatable bonds is 4. The lowest BCUT2D eigenvalue weighted by molar-refractivity contribution is 0.350. The van der Waals surface area contributed by atoms with Gasteiger partial charge in [0, 0.05) is 6.04 Å². The normalized spacial score (nSPS) is 18.9. The molecule has 2 N–H and O–H groups in total. The number of nitrogens with one attached hydrogen (secondary N) is 1. The molecule has 1 aromatic carbocycles. The molecule has 106 valence electrons. The molecular formula is C15H19N3O2. The summed E-state index contributed by atoms with van der Waals surface area (Å²) in [7, 11) is 0. The SMILES string of the molecule is Oc1ccc(Oc2cnn(CC3CCCCN3)c2)cc1. The van der Waals surface area contributed by atoms with Crippen LogP contribution >= 0.6 is 0 Å². The van der Waals surface area contributed by atoms with Crippen molar-refractivity contribution < 1.29 is 9.84 Å². The Morgan fingerprint density at radius 3 is 2.85 bits per heavy atom. The fraction of sp³-hybridized carbons (Fsp3) is 0.400. The zero-order valence-corrected chi connectivity index (χ0v) is 11.3. The van der Waals surface area contributed by atoms with Gasteiger partial charge in [-0.3, -0.25) is 4.68 Å². The van der Waals surface area contributed by atoms with Crippen LogP contribution in [-0.4, -0.2) is 27.5 Å². The summed E-state index contributed by atoms with van der Waals surface area (Å²) in [5.74, 6) is 1.64. The molecule has 1 aliphatic heterocycles. The van der Waals surface area contributed by atoms with Crippen molar-refractivity contribution in [2.75, 3.05) is 6.54 Å². The van der Waals surface area contributed by atoms with Crippen LogP contribution in [0.4, 0.5) is 0 Å². The molecule has 1 aliphatic rings. The number of aromatic nitrogens is 2. The smallest absolute Gasteiger partial charge is 0.165 e. The highest BCUT2D eigenvalue weighted by Crippen LogP contribution is 2.23. The fourth-order valence-electron chi connectivity index (χ4n) is 2.45. The summed E-state index contributed by atoms with van der Waals surface area (Å²) in [6.45, 7) is 1.97. The number of hydrogen-bond donors (Lipinski definition) is 2. The molecule has 1 atom stereocenters. The zero-order valence-electron chi connectivity index (χ0n) is 11.3. The molecule has 1 unspecified atom stereocenters. The third-order valence-corrected chi connectivity index (χ3v) is 3.50. The molecule has 0 bridgehead atoms. The highest BCUT2D eigenvalue weighted by molar-refractivity contribution is 5.33. The van der Waals surface area contributed by atoms with E-state index >= 15 is 0 Å². The van der Waals surface area contributed by atoms with Gasteiger partial charge in [0.05, 0.1) is 18.9 Å². The van der Waals surface area contributed by atoms with Gasteiger partial charge in [-0.25, -0.2) is 0 Å². The molecule has 1 fully saturated rings. The van der Waals surface area contributed by atoms with Crippen molar-refractivity contribution >= 4 is 0 Å². The predicted molar refractivity (Wildman–Crippen MR) is 76.0 cm³/mol.